The van der Waals surface area contributed by atoms with E-state index in [0.717, 1.165) is 64.4 Å². The van der Waals surface area contributed by atoms with Gasteiger partial charge in [0.15, 0.2) is 0 Å². The molecule has 138 valence electrons. The van der Waals surface area contributed by atoms with Gasteiger partial charge in [-0.3, -0.25) is 4.79 Å². The number of nitrogens with one attached hydrogen (secondary N) is 3. The molecule has 6 nitrogen and oxygen atoms in total. The van der Waals surface area contributed by atoms with Crippen molar-refractivity contribution in [2.45, 2.75) is 32.6 Å². The largest absolute Gasteiger partial charge is 0.369 e. The highest BCUT2D eigenvalue weighted by Crippen LogP contribution is 2.35. The summed E-state index contributed by atoms with van der Waals surface area (Å²) in [6.07, 6.45) is 2.09. The third-order valence-corrected chi connectivity index (χ3v) is 5.79. The van der Waals surface area contributed by atoms with Gasteiger partial charge >= 0.3 is 0 Å². The topological polar surface area (TPSA) is 82.7 Å². The third-order valence-electron chi connectivity index (χ3n) is 5.79. The Bertz CT molecular complexity index is 1050. The Morgan fingerprint density at radius 2 is 2.04 bits per heavy atom. The quantitative estimate of drug-likeness (QED) is 0.571. The summed E-state index contributed by atoms with van der Waals surface area (Å²) in [6, 6.07) is 8.00. The molecule has 4 heterocycles. The second kappa shape index (κ2) is 6.08. The highest BCUT2D eigenvalue weighted by Gasteiger charge is 2.29. The number of rotatable bonds is 0. The molecule has 0 saturated carbocycles. The summed E-state index contributed by atoms with van der Waals surface area (Å²) in [4.78, 5) is 25.6. The summed E-state index contributed by atoms with van der Waals surface area (Å²) in [5.41, 5.74) is 6.38. The van der Waals surface area contributed by atoms with Crippen LogP contribution in [0.3, 0.4) is 0 Å². The van der Waals surface area contributed by atoms with Gasteiger partial charge in [-0.2, -0.15) is 0 Å². The van der Waals surface area contributed by atoms with Crippen LogP contribution < -0.4 is 10.6 Å². The molecular weight excluding hydrogens is 338 g/mol. The van der Waals surface area contributed by atoms with Gasteiger partial charge < -0.3 is 15.6 Å². The number of nitrogens with zero attached hydrogens (tertiary/aromatic N) is 2. The molecular formula is C21H23N5O. The van der Waals surface area contributed by atoms with Crippen molar-refractivity contribution in [3.8, 4) is 11.3 Å². The summed E-state index contributed by atoms with van der Waals surface area (Å²) in [6.45, 7) is 5.83. The van der Waals surface area contributed by atoms with Crippen LogP contribution in [0.15, 0.2) is 24.3 Å². The van der Waals surface area contributed by atoms with Gasteiger partial charge in [0.2, 0.25) is 0 Å². The maximum absolute atomic E-state index is 12.4. The lowest BCUT2D eigenvalue weighted by molar-refractivity contribution is 0.0937. The van der Waals surface area contributed by atoms with Crippen molar-refractivity contribution in [2.24, 2.45) is 5.92 Å². The zero-order chi connectivity index (χ0) is 18.5. The number of hydrogen-bond donors (Lipinski definition) is 3. The molecule has 27 heavy (non-hydrogen) atoms. The van der Waals surface area contributed by atoms with E-state index in [1.807, 2.05) is 31.2 Å². The number of aryl methyl sites for hydroxylation is 1. The second-order valence-corrected chi connectivity index (χ2v) is 7.80. The van der Waals surface area contributed by atoms with Crippen LogP contribution >= 0.6 is 0 Å². The van der Waals surface area contributed by atoms with E-state index in [-0.39, 0.29) is 5.91 Å². The number of fused-ring (bicyclic) bond motifs is 3. The fourth-order valence-electron chi connectivity index (χ4n) is 4.33. The van der Waals surface area contributed by atoms with E-state index < -0.39 is 0 Å². The van der Waals surface area contributed by atoms with Gasteiger partial charge in [0.1, 0.15) is 11.3 Å². The minimum atomic E-state index is 0.00742. The summed E-state index contributed by atoms with van der Waals surface area (Å²) < 4.78 is 0. The van der Waals surface area contributed by atoms with E-state index in [0.29, 0.717) is 18.4 Å². The third kappa shape index (κ3) is 2.67. The molecule has 0 saturated heterocycles. The first kappa shape index (κ1) is 16.3. The zero-order valence-electron chi connectivity index (χ0n) is 15.6. The maximum atomic E-state index is 12.4. The lowest BCUT2D eigenvalue weighted by Crippen LogP contribution is -2.35. The second-order valence-electron chi connectivity index (χ2n) is 7.80. The number of H-pyrrole nitrogens is 1. The van der Waals surface area contributed by atoms with Crippen molar-refractivity contribution in [3.63, 3.8) is 0 Å². The van der Waals surface area contributed by atoms with E-state index in [4.69, 9.17) is 9.97 Å². The molecule has 2 aromatic heterocycles. The van der Waals surface area contributed by atoms with Crippen molar-refractivity contribution >= 4 is 22.8 Å². The number of benzene rings is 1. The van der Waals surface area contributed by atoms with Crippen LogP contribution in [-0.4, -0.2) is 33.9 Å². The molecule has 3 aromatic rings. The SMILES string of the molecule is Cc1nc2cccc3c2nc1NCC[C@H](C)C[C@H]1CNC(=O)c2cc-3[nH]c21. The number of hydrogen-bond acceptors (Lipinski definition) is 4. The standard InChI is InChI=1S/C21H23N5O/c1-11-6-7-22-20-12(2)24-16-5-3-4-14(19(16)26-20)17-9-15-18(25-17)13(8-11)10-23-21(15)27/h3-5,9,11,13,25H,6-8,10H2,1-2H3,(H,22,26)(H,23,27)/t11-,13-/m0/s1. The van der Waals surface area contributed by atoms with Crippen LogP contribution in [-0.2, 0) is 0 Å². The van der Waals surface area contributed by atoms with Gasteiger partial charge in [-0.1, -0.05) is 19.1 Å². The van der Waals surface area contributed by atoms with Crippen LogP contribution in [0.1, 0.15) is 47.4 Å². The molecule has 2 atom stereocenters. The molecule has 0 radical (unpaired) electrons. The molecule has 1 aromatic carbocycles. The number of carbonyl (C=O) groups excluding carboxylic acids is 1. The van der Waals surface area contributed by atoms with Crippen molar-refractivity contribution in [1.29, 1.82) is 0 Å². The Labute approximate surface area is 157 Å². The minimum Gasteiger partial charge on any atom is -0.369 e. The van der Waals surface area contributed by atoms with Crippen LogP contribution in [0.5, 0.6) is 0 Å². The average Bonchev–Trinajstić information content (AvgIpc) is 3.10. The normalized spacial score (nSPS) is 21.8. The summed E-state index contributed by atoms with van der Waals surface area (Å²) in [7, 11) is 0. The van der Waals surface area contributed by atoms with Crippen LogP contribution in [0.4, 0.5) is 5.82 Å². The highest BCUT2D eigenvalue weighted by molar-refractivity contribution is 6.00. The first-order chi connectivity index (χ1) is 13.1. The number of carbonyl (C=O) groups is 1. The molecule has 0 aliphatic carbocycles. The number of aromatic nitrogens is 3. The number of amides is 1. The summed E-state index contributed by atoms with van der Waals surface area (Å²) in [5, 5.41) is 6.53. The number of aromatic amines is 1. The molecule has 5 rings (SSSR count). The van der Waals surface area contributed by atoms with Crippen LogP contribution in [0.2, 0.25) is 0 Å². The molecule has 2 aliphatic heterocycles. The summed E-state index contributed by atoms with van der Waals surface area (Å²) >= 11 is 0. The Morgan fingerprint density at radius 3 is 2.93 bits per heavy atom. The molecule has 2 aliphatic rings. The van der Waals surface area contributed by atoms with E-state index in [1.54, 1.807) is 0 Å². The monoisotopic (exact) mass is 361 g/mol. The van der Waals surface area contributed by atoms with Gasteiger partial charge in [-0.15, -0.1) is 0 Å². The predicted molar refractivity (Wildman–Crippen MR) is 106 cm³/mol. The molecule has 4 bridgehead atoms. The average molecular weight is 361 g/mol. The van der Waals surface area contributed by atoms with E-state index in [1.165, 1.54) is 0 Å². The lowest BCUT2D eigenvalue weighted by atomic mass is 9.87. The smallest absolute Gasteiger partial charge is 0.253 e. The zero-order valence-corrected chi connectivity index (χ0v) is 15.6. The molecule has 3 N–H and O–H groups in total. The molecule has 1 amide bonds. The minimum absolute atomic E-state index is 0.00742. The molecule has 0 unspecified atom stereocenters. The van der Waals surface area contributed by atoms with Crippen LogP contribution in [0.25, 0.3) is 22.3 Å². The van der Waals surface area contributed by atoms with Gasteiger partial charge in [-0.25, -0.2) is 9.97 Å². The van der Waals surface area contributed by atoms with Crippen molar-refractivity contribution in [3.05, 3.63) is 41.2 Å². The van der Waals surface area contributed by atoms with Crippen molar-refractivity contribution in [2.75, 3.05) is 18.4 Å². The predicted octanol–water partition coefficient (Wildman–Crippen LogP) is 3.60. The fourth-order valence-corrected chi connectivity index (χ4v) is 4.33. The Hall–Kier alpha value is -2.89. The Morgan fingerprint density at radius 1 is 1.15 bits per heavy atom. The maximum Gasteiger partial charge on any atom is 0.253 e. The number of anilines is 1. The lowest BCUT2D eigenvalue weighted by Gasteiger charge is -2.25. The highest BCUT2D eigenvalue weighted by atomic mass is 16.1. The molecule has 6 heteroatoms. The van der Waals surface area contributed by atoms with Gasteiger partial charge in [-0.05, 0) is 37.8 Å². The summed E-state index contributed by atoms with van der Waals surface area (Å²) in [5.74, 6) is 1.71. The fraction of sp³-hybridized carbons (Fsp3) is 0.381. The van der Waals surface area contributed by atoms with Crippen LogP contribution in [0, 0.1) is 12.8 Å². The molecule has 0 fully saturated rings. The van der Waals surface area contributed by atoms with Crippen molar-refractivity contribution in [1.82, 2.24) is 20.3 Å². The Balaban J connectivity index is 1.76. The first-order valence-corrected chi connectivity index (χ1v) is 9.63. The van der Waals surface area contributed by atoms with Gasteiger partial charge in [0, 0.05) is 36.0 Å². The number of para-hydroxylation sites is 1. The van der Waals surface area contributed by atoms with E-state index >= 15 is 0 Å². The van der Waals surface area contributed by atoms with E-state index in [2.05, 4.69) is 22.5 Å². The first-order valence-electron chi connectivity index (χ1n) is 9.63. The van der Waals surface area contributed by atoms with Crippen molar-refractivity contribution < 1.29 is 4.79 Å². The molecule has 0 spiro atoms. The van der Waals surface area contributed by atoms with Gasteiger partial charge in [0.05, 0.1) is 16.8 Å². The Kier molecular flexibility index (Phi) is 3.67. The van der Waals surface area contributed by atoms with E-state index in [9.17, 15) is 4.79 Å². The van der Waals surface area contributed by atoms with Gasteiger partial charge in [0.25, 0.3) is 5.91 Å².